The van der Waals surface area contributed by atoms with Gasteiger partial charge in [-0.3, -0.25) is 0 Å². The number of aliphatic hydroxyl groups excluding tert-OH is 1. The lowest BCUT2D eigenvalue weighted by Crippen LogP contribution is -2.22. The summed E-state index contributed by atoms with van der Waals surface area (Å²) in [7, 11) is 0.891. The molecule has 0 bridgehead atoms. The lowest BCUT2D eigenvalue weighted by Gasteiger charge is -2.15. The van der Waals surface area contributed by atoms with E-state index >= 15 is 0 Å². The third-order valence-electron chi connectivity index (χ3n) is 3.23. The van der Waals surface area contributed by atoms with Crippen LogP contribution in [0.25, 0.3) is 0 Å². The van der Waals surface area contributed by atoms with E-state index in [0.717, 1.165) is 7.11 Å². The summed E-state index contributed by atoms with van der Waals surface area (Å²) in [5.74, 6) is -7.98. The summed E-state index contributed by atoms with van der Waals surface area (Å²) in [6.45, 7) is -0.888. The maximum atomic E-state index is 14.1. The first-order valence-electron chi connectivity index (χ1n) is 6.77. The second-order valence-corrected chi connectivity index (χ2v) is 5.19. The molecule has 11 heteroatoms. The fourth-order valence-corrected chi connectivity index (χ4v) is 2.22. The SMILES string of the molecule is COc1c(F)c(Cl)c(F)c(NC(=O)Nc2cc(F)cc(F)c2CO)c1F. The van der Waals surface area contributed by atoms with Gasteiger partial charge in [0.2, 0.25) is 0 Å². The van der Waals surface area contributed by atoms with Crippen molar-refractivity contribution in [1.82, 2.24) is 0 Å². The van der Waals surface area contributed by atoms with Crippen LogP contribution in [0, 0.1) is 29.1 Å². The Labute approximate surface area is 148 Å². The fraction of sp³-hybridized carbons (Fsp3) is 0.133. The molecule has 0 spiro atoms. The number of anilines is 2. The molecule has 0 fully saturated rings. The Morgan fingerprint density at radius 3 is 2.35 bits per heavy atom. The third-order valence-corrected chi connectivity index (χ3v) is 3.56. The van der Waals surface area contributed by atoms with Crippen molar-refractivity contribution in [2.24, 2.45) is 0 Å². The van der Waals surface area contributed by atoms with Crippen LogP contribution in [0.5, 0.6) is 5.75 Å². The highest BCUT2D eigenvalue weighted by Crippen LogP contribution is 2.37. The number of carbonyl (C=O) groups is 1. The lowest BCUT2D eigenvalue weighted by molar-refractivity contribution is 0.261. The van der Waals surface area contributed by atoms with E-state index in [1.807, 2.05) is 5.32 Å². The average Bonchev–Trinajstić information content (AvgIpc) is 2.57. The zero-order chi connectivity index (χ0) is 19.6. The number of halogens is 6. The number of ether oxygens (including phenoxy) is 1. The molecule has 26 heavy (non-hydrogen) atoms. The third kappa shape index (κ3) is 3.65. The van der Waals surface area contributed by atoms with E-state index < -0.39 is 69.4 Å². The maximum Gasteiger partial charge on any atom is 0.323 e. The van der Waals surface area contributed by atoms with Gasteiger partial charge >= 0.3 is 6.03 Å². The highest BCUT2D eigenvalue weighted by Gasteiger charge is 2.26. The smallest absolute Gasteiger partial charge is 0.323 e. The minimum atomic E-state index is -1.62. The molecule has 0 aliphatic rings. The highest BCUT2D eigenvalue weighted by atomic mass is 35.5. The van der Waals surface area contributed by atoms with Crippen molar-refractivity contribution in [2.75, 3.05) is 17.7 Å². The minimum Gasteiger partial charge on any atom is -0.491 e. The van der Waals surface area contributed by atoms with Crippen molar-refractivity contribution < 1.29 is 36.6 Å². The van der Waals surface area contributed by atoms with Gasteiger partial charge in [-0.05, 0) is 6.07 Å². The zero-order valence-corrected chi connectivity index (χ0v) is 13.6. The maximum absolute atomic E-state index is 14.1. The Bertz CT molecular complexity index is 879. The molecule has 0 saturated carbocycles. The second-order valence-electron chi connectivity index (χ2n) is 4.82. The van der Waals surface area contributed by atoms with Crippen LogP contribution in [0.4, 0.5) is 38.1 Å². The Morgan fingerprint density at radius 2 is 1.77 bits per heavy atom. The van der Waals surface area contributed by atoms with Gasteiger partial charge in [-0.1, -0.05) is 11.6 Å². The Balaban J connectivity index is 2.37. The monoisotopic (exact) mass is 396 g/mol. The van der Waals surface area contributed by atoms with E-state index in [1.54, 1.807) is 5.32 Å². The van der Waals surface area contributed by atoms with Gasteiger partial charge in [0.25, 0.3) is 0 Å². The normalized spacial score (nSPS) is 10.6. The summed E-state index contributed by atoms with van der Waals surface area (Å²) in [6.07, 6.45) is 0. The van der Waals surface area contributed by atoms with Crippen molar-refractivity contribution in [3.63, 3.8) is 0 Å². The van der Waals surface area contributed by atoms with Gasteiger partial charge in [0.15, 0.2) is 23.2 Å². The van der Waals surface area contributed by atoms with Crippen LogP contribution in [0.1, 0.15) is 5.56 Å². The number of benzene rings is 2. The Morgan fingerprint density at radius 1 is 1.12 bits per heavy atom. The number of amides is 2. The van der Waals surface area contributed by atoms with Crippen LogP contribution in [-0.2, 0) is 6.61 Å². The van der Waals surface area contributed by atoms with Gasteiger partial charge in [-0.15, -0.1) is 0 Å². The molecule has 0 saturated heterocycles. The molecule has 2 aromatic rings. The van der Waals surface area contributed by atoms with Crippen molar-refractivity contribution in [1.29, 1.82) is 0 Å². The quantitative estimate of drug-likeness (QED) is 0.412. The summed E-state index contributed by atoms with van der Waals surface area (Å²) in [5.41, 5.74) is -2.09. The van der Waals surface area contributed by atoms with E-state index in [9.17, 15) is 26.7 Å². The predicted molar refractivity (Wildman–Crippen MR) is 82.8 cm³/mol. The Kier molecular flexibility index (Phi) is 5.88. The summed E-state index contributed by atoms with van der Waals surface area (Å²) in [5, 5.41) is 11.6. The van der Waals surface area contributed by atoms with Crippen molar-refractivity contribution in [3.05, 3.63) is 51.8 Å². The van der Waals surface area contributed by atoms with Crippen molar-refractivity contribution >= 4 is 29.0 Å². The first kappa shape index (κ1) is 19.7. The number of methoxy groups -OCH3 is 1. The molecule has 5 nitrogen and oxygen atoms in total. The van der Waals surface area contributed by atoms with E-state index in [2.05, 4.69) is 4.74 Å². The van der Waals surface area contributed by atoms with E-state index in [0.29, 0.717) is 12.1 Å². The van der Waals surface area contributed by atoms with Gasteiger partial charge in [0, 0.05) is 11.6 Å². The molecule has 0 aliphatic heterocycles. The lowest BCUT2D eigenvalue weighted by atomic mass is 10.1. The standard InChI is InChI=1S/C15H10ClF5N2O3/c1-26-14-11(20)9(16)10(19)13(12(14)21)23-15(25)22-8-3-5(17)2-7(18)6(8)4-24/h2-3,24H,4H2,1H3,(H2,22,23,25). The van der Waals surface area contributed by atoms with Gasteiger partial charge in [-0.2, -0.15) is 0 Å². The largest absolute Gasteiger partial charge is 0.491 e. The van der Waals surface area contributed by atoms with Crippen LogP contribution >= 0.6 is 11.6 Å². The molecule has 140 valence electrons. The van der Waals surface area contributed by atoms with Gasteiger partial charge in [0.1, 0.15) is 22.3 Å². The van der Waals surface area contributed by atoms with E-state index in [-0.39, 0.29) is 0 Å². The molecular formula is C15H10ClF5N2O3. The molecule has 2 aromatic carbocycles. The number of aliphatic hydroxyl groups is 1. The van der Waals surface area contributed by atoms with Gasteiger partial charge < -0.3 is 20.5 Å². The van der Waals surface area contributed by atoms with E-state index in [4.69, 9.17) is 16.7 Å². The van der Waals surface area contributed by atoms with Crippen LogP contribution in [0.3, 0.4) is 0 Å². The predicted octanol–water partition coefficient (Wildman–Crippen LogP) is 4.18. The molecule has 0 unspecified atom stereocenters. The van der Waals surface area contributed by atoms with Gasteiger partial charge in [0.05, 0.1) is 19.4 Å². The molecule has 0 radical (unpaired) electrons. The van der Waals surface area contributed by atoms with E-state index in [1.165, 1.54) is 0 Å². The summed E-state index contributed by atoms with van der Waals surface area (Å²) in [6, 6.07) is -0.190. The second kappa shape index (κ2) is 7.75. The highest BCUT2D eigenvalue weighted by molar-refractivity contribution is 6.31. The van der Waals surface area contributed by atoms with Crippen LogP contribution < -0.4 is 15.4 Å². The molecule has 2 rings (SSSR count). The van der Waals surface area contributed by atoms with Crippen LogP contribution in [0.2, 0.25) is 5.02 Å². The summed E-state index contributed by atoms with van der Waals surface area (Å²) >= 11 is 5.37. The molecule has 3 N–H and O–H groups in total. The Hall–Kier alpha value is -2.59. The summed E-state index contributed by atoms with van der Waals surface area (Å²) in [4.78, 5) is 11.9. The number of nitrogens with one attached hydrogen (secondary N) is 2. The first-order valence-corrected chi connectivity index (χ1v) is 7.15. The number of hydrogen-bond donors (Lipinski definition) is 3. The zero-order valence-electron chi connectivity index (χ0n) is 12.9. The molecule has 2 amide bonds. The number of urea groups is 1. The molecule has 0 heterocycles. The van der Waals surface area contributed by atoms with Crippen molar-refractivity contribution in [2.45, 2.75) is 6.61 Å². The topological polar surface area (TPSA) is 70.6 Å². The number of rotatable bonds is 4. The fourth-order valence-electron chi connectivity index (χ4n) is 2.04. The molecule has 0 aromatic heterocycles. The summed E-state index contributed by atoms with van der Waals surface area (Å²) < 4.78 is 72.8. The van der Waals surface area contributed by atoms with Gasteiger partial charge in [-0.25, -0.2) is 26.7 Å². The first-order chi connectivity index (χ1) is 12.2. The molecular weight excluding hydrogens is 387 g/mol. The van der Waals surface area contributed by atoms with Crippen molar-refractivity contribution in [3.8, 4) is 5.75 Å². The minimum absolute atomic E-state index is 0.461. The number of hydrogen-bond acceptors (Lipinski definition) is 3. The molecule has 0 aliphatic carbocycles. The number of carbonyl (C=O) groups excluding carboxylic acids is 1. The van der Waals surface area contributed by atoms with Crippen LogP contribution in [0.15, 0.2) is 12.1 Å². The molecule has 0 atom stereocenters. The average molecular weight is 397 g/mol. The van der Waals surface area contributed by atoms with Crippen LogP contribution in [-0.4, -0.2) is 18.2 Å².